The van der Waals surface area contributed by atoms with Crippen LogP contribution in [0.15, 0.2) is 41.4 Å². The highest BCUT2D eigenvalue weighted by Crippen LogP contribution is 2.29. The second-order valence-electron chi connectivity index (χ2n) is 3.81. The van der Waals surface area contributed by atoms with E-state index < -0.39 is 0 Å². The third kappa shape index (κ3) is 3.03. The molecule has 0 spiro atoms. The van der Waals surface area contributed by atoms with E-state index in [4.69, 9.17) is 0 Å². The highest BCUT2D eigenvalue weighted by Gasteiger charge is 2.08. The Bertz CT molecular complexity index is 453. The van der Waals surface area contributed by atoms with Gasteiger partial charge >= 0.3 is 0 Å². The number of hydrogen-bond donors (Lipinski definition) is 2. The molecule has 0 fully saturated rings. The molecule has 1 aromatic carbocycles. The number of aromatic nitrogens is 2. The van der Waals surface area contributed by atoms with Crippen LogP contribution in [-0.2, 0) is 0 Å². The highest BCUT2D eigenvalue weighted by atomic mass is 32.2. The molecule has 2 N–H and O–H groups in total. The van der Waals surface area contributed by atoms with E-state index in [1.165, 1.54) is 10.6 Å². The second kappa shape index (κ2) is 5.77. The monoisotopic (exact) mass is 247 g/mol. The van der Waals surface area contributed by atoms with Crippen molar-refractivity contribution in [1.29, 1.82) is 0 Å². The second-order valence-corrected chi connectivity index (χ2v) is 5.11. The summed E-state index contributed by atoms with van der Waals surface area (Å²) in [6.45, 7) is 4.29. The highest BCUT2D eigenvalue weighted by molar-refractivity contribution is 7.99. The predicted octanol–water partition coefficient (Wildman–Crippen LogP) is 3.69. The van der Waals surface area contributed by atoms with Gasteiger partial charge in [-0.15, -0.1) is 11.8 Å². The number of H-pyrrole nitrogens is 1. The zero-order chi connectivity index (χ0) is 12.1. The minimum absolute atomic E-state index is 0.233. The van der Waals surface area contributed by atoms with Crippen LogP contribution in [0.3, 0.4) is 0 Å². The largest absolute Gasteiger partial charge is 0.376 e. The smallest absolute Gasteiger partial charge is 0.0651 e. The molecule has 0 aliphatic carbocycles. The lowest BCUT2D eigenvalue weighted by atomic mass is 10.2. The number of para-hydroxylation sites is 1. The van der Waals surface area contributed by atoms with Gasteiger partial charge in [0.15, 0.2) is 0 Å². The first-order valence-electron chi connectivity index (χ1n) is 5.79. The fourth-order valence-electron chi connectivity index (χ4n) is 1.69. The maximum Gasteiger partial charge on any atom is 0.0651 e. The number of hydrogen-bond acceptors (Lipinski definition) is 3. The Hall–Kier alpha value is -1.42. The van der Waals surface area contributed by atoms with Gasteiger partial charge in [-0.3, -0.25) is 5.10 Å². The third-order valence-corrected chi connectivity index (χ3v) is 3.50. The molecule has 1 unspecified atom stereocenters. The SMILES string of the molecule is CCSc1ccccc1NC(C)c1ccn[nH]1. The van der Waals surface area contributed by atoms with Gasteiger partial charge in [0.2, 0.25) is 0 Å². The Labute approximate surface area is 106 Å². The maximum atomic E-state index is 3.97. The van der Waals surface area contributed by atoms with Crippen LogP contribution in [0.2, 0.25) is 0 Å². The Balaban J connectivity index is 2.12. The summed E-state index contributed by atoms with van der Waals surface area (Å²) in [5, 5.41) is 10.5. The maximum absolute atomic E-state index is 3.97. The molecule has 1 aromatic heterocycles. The summed E-state index contributed by atoms with van der Waals surface area (Å²) in [6.07, 6.45) is 1.78. The molecular formula is C13H17N3S. The van der Waals surface area contributed by atoms with Crippen molar-refractivity contribution in [3.05, 3.63) is 42.2 Å². The fourth-order valence-corrected chi connectivity index (χ4v) is 2.45. The van der Waals surface area contributed by atoms with E-state index in [9.17, 15) is 0 Å². The number of nitrogens with zero attached hydrogens (tertiary/aromatic N) is 1. The third-order valence-electron chi connectivity index (χ3n) is 2.55. The fraction of sp³-hybridized carbons (Fsp3) is 0.308. The molecule has 2 rings (SSSR count). The van der Waals surface area contributed by atoms with Gasteiger partial charge in [0.1, 0.15) is 0 Å². The van der Waals surface area contributed by atoms with Crippen molar-refractivity contribution in [2.75, 3.05) is 11.1 Å². The molecule has 0 amide bonds. The van der Waals surface area contributed by atoms with Crippen molar-refractivity contribution >= 4 is 17.4 Å². The summed E-state index contributed by atoms with van der Waals surface area (Å²) in [7, 11) is 0. The Morgan fingerprint density at radius 3 is 2.88 bits per heavy atom. The van der Waals surface area contributed by atoms with Crippen LogP contribution in [-0.4, -0.2) is 16.0 Å². The van der Waals surface area contributed by atoms with Gasteiger partial charge in [0, 0.05) is 16.8 Å². The molecule has 0 saturated carbocycles. The molecule has 0 aliphatic rings. The Morgan fingerprint density at radius 2 is 2.18 bits per heavy atom. The van der Waals surface area contributed by atoms with Crippen LogP contribution >= 0.6 is 11.8 Å². The average Bonchev–Trinajstić information content (AvgIpc) is 2.85. The molecule has 90 valence electrons. The van der Waals surface area contributed by atoms with Crippen LogP contribution in [0, 0.1) is 0 Å². The summed E-state index contributed by atoms with van der Waals surface area (Å²) < 4.78 is 0. The van der Waals surface area contributed by atoms with Gasteiger partial charge in [-0.05, 0) is 30.9 Å². The van der Waals surface area contributed by atoms with Crippen LogP contribution in [0.25, 0.3) is 0 Å². The van der Waals surface area contributed by atoms with Crippen LogP contribution in [0.1, 0.15) is 25.6 Å². The summed E-state index contributed by atoms with van der Waals surface area (Å²) in [5.41, 5.74) is 2.28. The molecule has 4 heteroatoms. The number of thioether (sulfide) groups is 1. The number of aromatic amines is 1. The molecule has 0 aliphatic heterocycles. The first-order chi connectivity index (χ1) is 8.31. The summed E-state index contributed by atoms with van der Waals surface area (Å²) in [5.74, 6) is 1.08. The van der Waals surface area contributed by atoms with E-state index >= 15 is 0 Å². The summed E-state index contributed by atoms with van der Waals surface area (Å²) in [6, 6.07) is 10.6. The van der Waals surface area contributed by atoms with Crippen molar-refractivity contribution in [1.82, 2.24) is 10.2 Å². The zero-order valence-corrected chi connectivity index (χ0v) is 10.9. The molecule has 3 nitrogen and oxygen atoms in total. The first kappa shape index (κ1) is 12.0. The van der Waals surface area contributed by atoms with Crippen molar-refractivity contribution in [3.8, 4) is 0 Å². The molecule has 17 heavy (non-hydrogen) atoms. The van der Waals surface area contributed by atoms with Crippen LogP contribution < -0.4 is 5.32 Å². The van der Waals surface area contributed by atoms with E-state index in [2.05, 4.69) is 53.6 Å². The van der Waals surface area contributed by atoms with Crippen LogP contribution in [0.4, 0.5) is 5.69 Å². The Morgan fingerprint density at radius 1 is 1.35 bits per heavy atom. The van der Waals surface area contributed by atoms with Gasteiger partial charge in [-0.2, -0.15) is 5.10 Å². The Kier molecular flexibility index (Phi) is 4.09. The normalized spacial score (nSPS) is 12.4. The molecule has 0 bridgehead atoms. The summed E-state index contributed by atoms with van der Waals surface area (Å²) >= 11 is 1.85. The van der Waals surface area contributed by atoms with Gasteiger partial charge in [-0.1, -0.05) is 19.1 Å². The molecule has 0 radical (unpaired) electrons. The molecule has 2 aromatic rings. The lowest BCUT2D eigenvalue weighted by Gasteiger charge is -2.16. The van der Waals surface area contributed by atoms with E-state index in [-0.39, 0.29) is 6.04 Å². The van der Waals surface area contributed by atoms with Crippen LogP contribution in [0.5, 0.6) is 0 Å². The number of anilines is 1. The number of benzene rings is 1. The minimum atomic E-state index is 0.233. The van der Waals surface area contributed by atoms with Crippen molar-refractivity contribution < 1.29 is 0 Å². The molecule has 1 heterocycles. The molecule has 0 saturated heterocycles. The zero-order valence-electron chi connectivity index (χ0n) is 10.1. The quantitative estimate of drug-likeness (QED) is 0.792. The van der Waals surface area contributed by atoms with Crippen molar-refractivity contribution in [2.45, 2.75) is 24.8 Å². The van der Waals surface area contributed by atoms with Crippen molar-refractivity contribution in [3.63, 3.8) is 0 Å². The van der Waals surface area contributed by atoms with E-state index in [1.807, 2.05) is 17.8 Å². The average molecular weight is 247 g/mol. The number of rotatable bonds is 5. The predicted molar refractivity (Wildman–Crippen MR) is 73.5 cm³/mol. The molecule has 1 atom stereocenters. The standard InChI is InChI=1S/C13H17N3S/c1-3-17-13-7-5-4-6-12(13)15-10(2)11-8-9-14-16-11/h4-10,15H,3H2,1-2H3,(H,14,16). The van der Waals surface area contributed by atoms with Crippen molar-refractivity contribution in [2.24, 2.45) is 0 Å². The first-order valence-corrected chi connectivity index (χ1v) is 6.77. The minimum Gasteiger partial charge on any atom is -0.376 e. The van der Waals surface area contributed by atoms with E-state index in [0.29, 0.717) is 0 Å². The van der Waals surface area contributed by atoms with Gasteiger partial charge in [-0.25, -0.2) is 0 Å². The number of nitrogens with one attached hydrogen (secondary N) is 2. The van der Waals surface area contributed by atoms with E-state index in [0.717, 1.165) is 11.4 Å². The van der Waals surface area contributed by atoms with E-state index in [1.54, 1.807) is 6.20 Å². The topological polar surface area (TPSA) is 40.7 Å². The summed E-state index contributed by atoms with van der Waals surface area (Å²) in [4.78, 5) is 1.29. The van der Waals surface area contributed by atoms with Gasteiger partial charge < -0.3 is 5.32 Å². The molecular weight excluding hydrogens is 230 g/mol. The lowest BCUT2D eigenvalue weighted by Crippen LogP contribution is -2.07. The van der Waals surface area contributed by atoms with Gasteiger partial charge in [0.05, 0.1) is 11.7 Å². The van der Waals surface area contributed by atoms with Gasteiger partial charge in [0.25, 0.3) is 0 Å². The lowest BCUT2D eigenvalue weighted by molar-refractivity contribution is 0.822.